The average molecular weight is 516 g/mol. The summed E-state index contributed by atoms with van der Waals surface area (Å²) in [5, 5.41) is 3.69. The number of amides is 2. The van der Waals surface area contributed by atoms with Crippen LogP contribution in [0.15, 0.2) is 96.0 Å². The van der Waals surface area contributed by atoms with Crippen LogP contribution >= 0.6 is 0 Å². The summed E-state index contributed by atoms with van der Waals surface area (Å²) in [6.07, 6.45) is 5.29. The number of carbonyl (C=O) groups excluding carboxylic acids is 2. The van der Waals surface area contributed by atoms with Crippen molar-refractivity contribution in [3.63, 3.8) is 0 Å². The monoisotopic (exact) mass is 515 g/mol. The summed E-state index contributed by atoms with van der Waals surface area (Å²) in [5.74, 6) is -0.566. The van der Waals surface area contributed by atoms with Crippen LogP contribution < -0.4 is 10.0 Å². The molecule has 1 aromatic heterocycles. The van der Waals surface area contributed by atoms with Gasteiger partial charge in [-0.05, 0) is 72.5 Å². The number of aromatic nitrogens is 1. The standard InChI is InChI=1S/C29H29N3O4S/c1-20(2)11-14-28(33)30-25-9-6-8-22(17-25)19-32-16-15-23-18-24(12-13-26(23)32)29(34)31-37(35,36)27-10-5-4-7-21(27)3/h4-18,20H,19H2,1-3H3,(H,30,33)(H,31,34). The van der Waals surface area contributed by atoms with E-state index in [0.29, 0.717) is 23.7 Å². The highest BCUT2D eigenvalue weighted by Crippen LogP contribution is 2.21. The van der Waals surface area contributed by atoms with Gasteiger partial charge in [0.1, 0.15) is 0 Å². The first-order valence-electron chi connectivity index (χ1n) is 11.9. The summed E-state index contributed by atoms with van der Waals surface area (Å²) < 4.78 is 29.6. The molecular weight excluding hydrogens is 486 g/mol. The first kappa shape index (κ1) is 25.9. The van der Waals surface area contributed by atoms with Gasteiger partial charge >= 0.3 is 0 Å². The molecule has 7 nitrogen and oxygen atoms in total. The van der Waals surface area contributed by atoms with Gasteiger partial charge in [0.2, 0.25) is 5.91 Å². The SMILES string of the molecule is Cc1ccccc1S(=O)(=O)NC(=O)c1ccc2c(ccn2Cc2cccc(NC(=O)C=CC(C)C)c2)c1. The molecule has 3 aromatic carbocycles. The number of carbonyl (C=O) groups is 2. The number of fused-ring (bicyclic) bond motifs is 1. The molecule has 0 bridgehead atoms. The zero-order chi connectivity index (χ0) is 26.6. The molecule has 0 spiro atoms. The van der Waals surface area contributed by atoms with E-state index < -0.39 is 15.9 Å². The maximum absolute atomic E-state index is 12.8. The highest BCUT2D eigenvalue weighted by atomic mass is 32.2. The van der Waals surface area contributed by atoms with E-state index in [-0.39, 0.29) is 16.4 Å². The number of nitrogens with one attached hydrogen (secondary N) is 2. The van der Waals surface area contributed by atoms with E-state index >= 15 is 0 Å². The molecule has 0 saturated carbocycles. The lowest BCUT2D eigenvalue weighted by Gasteiger charge is -2.10. The van der Waals surface area contributed by atoms with Crippen molar-refractivity contribution < 1.29 is 18.0 Å². The lowest BCUT2D eigenvalue weighted by Crippen LogP contribution is -2.31. The molecule has 37 heavy (non-hydrogen) atoms. The molecule has 0 aliphatic carbocycles. The van der Waals surface area contributed by atoms with Crippen LogP contribution in [0.25, 0.3) is 10.9 Å². The Balaban J connectivity index is 1.49. The molecule has 0 aliphatic rings. The van der Waals surface area contributed by atoms with Crippen molar-refractivity contribution in [1.82, 2.24) is 9.29 Å². The third-order valence-corrected chi connectivity index (χ3v) is 7.31. The Morgan fingerprint density at radius 2 is 1.76 bits per heavy atom. The van der Waals surface area contributed by atoms with E-state index in [2.05, 4.69) is 10.0 Å². The summed E-state index contributed by atoms with van der Waals surface area (Å²) in [5.41, 5.74) is 3.41. The molecule has 8 heteroatoms. The minimum Gasteiger partial charge on any atom is -0.343 e. The number of hydrogen-bond acceptors (Lipinski definition) is 4. The van der Waals surface area contributed by atoms with Crippen LogP contribution in [0.3, 0.4) is 0 Å². The molecule has 2 N–H and O–H groups in total. The number of aryl methyl sites for hydroxylation is 1. The van der Waals surface area contributed by atoms with Gasteiger partial charge in [-0.1, -0.05) is 50.3 Å². The Morgan fingerprint density at radius 3 is 2.51 bits per heavy atom. The van der Waals surface area contributed by atoms with Crippen LogP contribution in [-0.4, -0.2) is 24.8 Å². The molecule has 4 rings (SSSR count). The predicted molar refractivity (Wildman–Crippen MR) is 146 cm³/mol. The van der Waals surface area contributed by atoms with E-state index in [1.807, 2.05) is 61.0 Å². The van der Waals surface area contributed by atoms with Crippen LogP contribution in [0.2, 0.25) is 0 Å². The van der Waals surface area contributed by atoms with Crippen molar-refractivity contribution in [1.29, 1.82) is 0 Å². The molecule has 0 unspecified atom stereocenters. The van der Waals surface area contributed by atoms with Crippen molar-refractivity contribution in [2.75, 3.05) is 5.32 Å². The first-order chi connectivity index (χ1) is 17.6. The molecule has 0 aliphatic heterocycles. The fraction of sp³-hybridized carbons (Fsp3) is 0.172. The Labute approximate surface area is 216 Å². The summed E-state index contributed by atoms with van der Waals surface area (Å²) in [4.78, 5) is 25.0. The van der Waals surface area contributed by atoms with Gasteiger partial charge in [-0.2, -0.15) is 0 Å². The summed E-state index contributed by atoms with van der Waals surface area (Å²) >= 11 is 0. The minimum atomic E-state index is -3.99. The molecular formula is C29H29N3O4S. The number of sulfonamides is 1. The van der Waals surface area contributed by atoms with Gasteiger partial charge in [-0.25, -0.2) is 13.1 Å². The van der Waals surface area contributed by atoms with Gasteiger partial charge < -0.3 is 9.88 Å². The van der Waals surface area contributed by atoms with Crippen molar-refractivity contribution in [3.05, 3.63) is 108 Å². The lowest BCUT2D eigenvalue weighted by molar-refractivity contribution is -0.111. The highest BCUT2D eigenvalue weighted by molar-refractivity contribution is 7.90. The van der Waals surface area contributed by atoms with Crippen molar-refractivity contribution in [3.8, 4) is 0 Å². The van der Waals surface area contributed by atoms with E-state index in [1.165, 1.54) is 12.1 Å². The molecule has 1 heterocycles. The maximum Gasteiger partial charge on any atom is 0.265 e. The number of anilines is 1. The number of allylic oxidation sites excluding steroid dienone is 1. The quantitative estimate of drug-likeness (QED) is 0.313. The van der Waals surface area contributed by atoms with Gasteiger partial charge in [0.05, 0.1) is 4.90 Å². The van der Waals surface area contributed by atoms with E-state index in [9.17, 15) is 18.0 Å². The molecule has 0 radical (unpaired) electrons. The van der Waals surface area contributed by atoms with Gasteiger partial charge in [-0.3, -0.25) is 9.59 Å². The molecule has 190 valence electrons. The largest absolute Gasteiger partial charge is 0.343 e. The van der Waals surface area contributed by atoms with Crippen LogP contribution in [-0.2, 0) is 21.4 Å². The summed E-state index contributed by atoms with van der Waals surface area (Å²) in [6, 6.07) is 21.1. The average Bonchev–Trinajstić information content (AvgIpc) is 3.24. The Hall–Kier alpha value is -4.17. The van der Waals surface area contributed by atoms with E-state index in [0.717, 1.165) is 16.5 Å². The number of benzene rings is 3. The van der Waals surface area contributed by atoms with Gasteiger partial charge in [0, 0.05) is 34.9 Å². The van der Waals surface area contributed by atoms with Crippen LogP contribution in [0.5, 0.6) is 0 Å². The fourth-order valence-corrected chi connectivity index (χ4v) is 5.20. The van der Waals surface area contributed by atoms with Gasteiger partial charge in [-0.15, -0.1) is 0 Å². The molecule has 0 fully saturated rings. The van der Waals surface area contributed by atoms with Crippen molar-refractivity contribution in [2.24, 2.45) is 5.92 Å². The second kappa shape index (κ2) is 10.8. The van der Waals surface area contributed by atoms with Crippen molar-refractivity contribution >= 4 is 38.4 Å². The van der Waals surface area contributed by atoms with Gasteiger partial charge in [0.15, 0.2) is 0 Å². The predicted octanol–water partition coefficient (Wildman–Crippen LogP) is 5.27. The zero-order valence-corrected chi connectivity index (χ0v) is 21.7. The third kappa shape index (κ3) is 6.34. The Bertz CT molecular complexity index is 1600. The molecule has 0 atom stereocenters. The molecule has 0 saturated heterocycles. The van der Waals surface area contributed by atoms with Crippen LogP contribution in [0, 0.1) is 12.8 Å². The maximum atomic E-state index is 12.8. The summed E-state index contributed by atoms with van der Waals surface area (Å²) in [6.45, 7) is 6.26. The topological polar surface area (TPSA) is 97.3 Å². The third-order valence-electron chi connectivity index (χ3n) is 5.82. The zero-order valence-electron chi connectivity index (χ0n) is 20.9. The van der Waals surface area contributed by atoms with Crippen molar-refractivity contribution in [2.45, 2.75) is 32.2 Å². The Morgan fingerprint density at radius 1 is 0.973 bits per heavy atom. The second-order valence-electron chi connectivity index (χ2n) is 9.21. The van der Waals surface area contributed by atoms with E-state index in [1.54, 1.807) is 43.3 Å². The second-order valence-corrected chi connectivity index (χ2v) is 10.9. The molecule has 2 amide bonds. The van der Waals surface area contributed by atoms with Crippen LogP contribution in [0.4, 0.5) is 5.69 Å². The van der Waals surface area contributed by atoms with Crippen LogP contribution in [0.1, 0.15) is 35.3 Å². The highest BCUT2D eigenvalue weighted by Gasteiger charge is 2.20. The van der Waals surface area contributed by atoms with Gasteiger partial charge in [0.25, 0.3) is 15.9 Å². The smallest absolute Gasteiger partial charge is 0.265 e. The molecule has 4 aromatic rings. The number of rotatable bonds is 8. The number of hydrogen-bond donors (Lipinski definition) is 2. The number of nitrogens with zero attached hydrogens (tertiary/aromatic N) is 1. The Kier molecular flexibility index (Phi) is 7.59. The normalized spacial score (nSPS) is 11.8. The first-order valence-corrected chi connectivity index (χ1v) is 13.4. The fourth-order valence-electron chi connectivity index (χ4n) is 3.98. The summed E-state index contributed by atoms with van der Waals surface area (Å²) in [7, 11) is -3.99. The van der Waals surface area contributed by atoms with E-state index in [4.69, 9.17) is 0 Å². The minimum absolute atomic E-state index is 0.0740. The lowest BCUT2D eigenvalue weighted by atomic mass is 10.1.